The van der Waals surface area contributed by atoms with Crippen LogP contribution in [-0.2, 0) is 16.1 Å². The fourth-order valence-electron chi connectivity index (χ4n) is 1.57. The second kappa shape index (κ2) is 6.80. The van der Waals surface area contributed by atoms with Crippen molar-refractivity contribution in [2.24, 2.45) is 5.73 Å². The van der Waals surface area contributed by atoms with Gasteiger partial charge in [-0.2, -0.15) is 0 Å². The summed E-state index contributed by atoms with van der Waals surface area (Å²) in [6.07, 6.45) is 1.58. The number of hydrogen-bond donors (Lipinski definition) is 2. The number of nitrogens with zero attached hydrogens (tertiary/aromatic N) is 1. The highest BCUT2D eigenvalue weighted by Gasteiger charge is 2.21. The molecule has 1 rings (SSSR count). The monoisotopic (exact) mass is 254 g/mol. The van der Waals surface area contributed by atoms with Crippen molar-refractivity contribution in [2.45, 2.75) is 32.4 Å². The van der Waals surface area contributed by atoms with Crippen LogP contribution in [0.15, 0.2) is 22.8 Å². The molecule has 0 aliphatic heterocycles. The Morgan fingerprint density at radius 2 is 2.28 bits per heavy atom. The van der Waals surface area contributed by atoms with Crippen LogP contribution in [0.5, 0.6) is 0 Å². The third-order valence-electron chi connectivity index (χ3n) is 2.61. The number of nitrogens with two attached hydrogens (primary N) is 1. The summed E-state index contributed by atoms with van der Waals surface area (Å²) in [4.78, 5) is 24.0. The van der Waals surface area contributed by atoms with Gasteiger partial charge in [-0.3, -0.25) is 9.59 Å². The standard InChI is InChI=1S/C12H18N2O4/c1-2-14(8-9-4-3-7-18-9)12(17)10(13)5-6-11(15)16/h3-4,7,10H,2,5-6,8,13H2,1H3,(H,15,16). The normalized spacial score (nSPS) is 12.1. The van der Waals surface area contributed by atoms with Crippen LogP contribution in [0.25, 0.3) is 0 Å². The minimum Gasteiger partial charge on any atom is -0.481 e. The average molecular weight is 254 g/mol. The fraction of sp³-hybridized carbons (Fsp3) is 0.500. The zero-order chi connectivity index (χ0) is 13.5. The molecule has 0 bridgehead atoms. The predicted molar refractivity (Wildman–Crippen MR) is 64.6 cm³/mol. The van der Waals surface area contributed by atoms with E-state index in [0.717, 1.165) is 0 Å². The molecular weight excluding hydrogens is 236 g/mol. The first-order chi connectivity index (χ1) is 8.54. The molecule has 1 heterocycles. The van der Waals surface area contributed by atoms with Gasteiger partial charge in [-0.05, 0) is 25.5 Å². The van der Waals surface area contributed by atoms with Crippen molar-refractivity contribution < 1.29 is 19.1 Å². The van der Waals surface area contributed by atoms with E-state index in [0.29, 0.717) is 18.8 Å². The third-order valence-corrected chi connectivity index (χ3v) is 2.61. The van der Waals surface area contributed by atoms with E-state index in [9.17, 15) is 9.59 Å². The van der Waals surface area contributed by atoms with Crippen LogP contribution in [-0.4, -0.2) is 34.5 Å². The lowest BCUT2D eigenvalue weighted by molar-refractivity contribution is -0.137. The number of aliphatic carboxylic acids is 1. The first-order valence-electron chi connectivity index (χ1n) is 5.83. The van der Waals surface area contributed by atoms with Crippen molar-refractivity contribution in [3.8, 4) is 0 Å². The Bertz CT molecular complexity index is 389. The van der Waals surface area contributed by atoms with Gasteiger partial charge in [-0.1, -0.05) is 0 Å². The number of likely N-dealkylation sites (N-methyl/N-ethyl adjacent to an activating group) is 1. The van der Waals surface area contributed by atoms with Crippen LogP contribution < -0.4 is 5.73 Å². The fourth-order valence-corrected chi connectivity index (χ4v) is 1.57. The van der Waals surface area contributed by atoms with Gasteiger partial charge in [-0.15, -0.1) is 0 Å². The smallest absolute Gasteiger partial charge is 0.303 e. The van der Waals surface area contributed by atoms with Crippen molar-refractivity contribution in [1.29, 1.82) is 0 Å². The SMILES string of the molecule is CCN(Cc1ccco1)C(=O)C(N)CCC(=O)O. The van der Waals surface area contributed by atoms with Gasteiger partial charge in [0.15, 0.2) is 0 Å². The molecule has 0 saturated heterocycles. The van der Waals surface area contributed by atoms with Crippen LogP contribution in [0.3, 0.4) is 0 Å². The van der Waals surface area contributed by atoms with E-state index in [4.69, 9.17) is 15.3 Å². The van der Waals surface area contributed by atoms with Gasteiger partial charge in [0.05, 0.1) is 18.8 Å². The molecule has 1 amide bonds. The summed E-state index contributed by atoms with van der Waals surface area (Å²) in [5, 5.41) is 8.55. The van der Waals surface area contributed by atoms with Gasteiger partial charge in [0, 0.05) is 13.0 Å². The van der Waals surface area contributed by atoms with Gasteiger partial charge in [0.1, 0.15) is 5.76 Å². The molecule has 3 N–H and O–H groups in total. The Hall–Kier alpha value is -1.82. The van der Waals surface area contributed by atoms with Crippen molar-refractivity contribution in [3.05, 3.63) is 24.2 Å². The summed E-state index contributed by atoms with van der Waals surface area (Å²) in [5.41, 5.74) is 5.69. The lowest BCUT2D eigenvalue weighted by Gasteiger charge is -2.23. The molecule has 6 heteroatoms. The molecular formula is C12H18N2O4. The molecule has 1 unspecified atom stereocenters. The van der Waals surface area contributed by atoms with E-state index in [1.165, 1.54) is 6.26 Å². The van der Waals surface area contributed by atoms with Gasteiger partial charge in [0.25, 0.3) is 0 Å². The summed E-state index contributed by atoms with van der Waals surface area (Å²) in [7, 11) is 0. The first-order valence-corrected chi connectivity index (χ1v) is 5.83. The number of carbonyl (C=O) groups is 2. The molecule has 1 atom stereocenters. The number of hydrogen-bond acceptors (Lipinski definition) is 4. The molecule has 100 valence electrons. The lowest BCUT2D eigenvalue weighted by Crippen LogP contribution is -2.43. The highest BCUT2D eigenvalue weighted by molar-refractivity contribution is 5.82. The van der Waals surface area contributed by atoms with Crippen LogP contribution in [0.2, 0.25) is 0 Å². The minimum absolute atomic E-state index is 0.106. The molecule has 0 radical (unpaired) electrons. The van der Waals surface area contributed by atoms with E-state index in [2.05, 4.69) is 0 Å². The van der Waals surface area contributed by atoms with Crippen molar-refractivity contribution >= 4 is 11.9 Å². The first kappa shape index (κ1) is 14.2. The maximum Gasteiger partial charge on any atom is 0.303 e. The largest absolute Gasteiger partial charge is 0.481 e. The molecule has 0 fully saturated rings. The number of furan rings is 1. The van der Waals surface area contributed by atoms with E-state index in [1.54, 1.807) is 17.0 Å². The van der Waals surface area contributed by atoms with E-state index < -0.39 is 12.0 Å². The van der Waals surface area contributed by atoms with Crippen LogP contribution in [0.4, 0.5) is 0 Å². The predicted octanol–water partition coefficient (Wildman–Crippen LogP) is 0.820. The number of carboxylic acids is 1. The summed E-state index contributed by atoms with van der Waals surface area (Å²) in [6.45, 7) is 2.69. The summed E-state index contributed by atoms with van der Waals surface area (Å²) in [5.74, 6) is -0.530. The minimum atomic E-state index is -0.952. The number of carboxylic acid groups (broad SMARTS) is 1. The Kier molecular flexibility index (Phi) is 5.38. The van der Waals surface area contributed by atoms with Crippen molar-refractivity contribution in [1.82, 2.24) is 4.90 Å². The molecule has 1 aromatic heterocycles. The van der Waals surface area contributed by atoms with Crippen LogP contribution >= 0.6 is 0 Å². The molecule has 6 nitrogen and oxygen atoms in total. The zero-order valence-corrected chi connectivity index (χ0v) is 10.3. The second-order valence-electron chi connectivity index (χ2n) is 3.97. The zero-order valence-electron chi connectivity index (χ0n) is 10.3. The van der Waals surface area contributed by atoms with E-state index in [-0.39, 0.29) is 18.7 Å². The third kappa shape index (κ3) is 4.21. The number of carbonyl (C=O) groups excluding carboxylic acids is 1. The van der Waals surface area contributed by atoms with E-state index in [1.807, 2.05) is 6.92 Å². The Morgan fingerprint density at radius 1 is 1.56 bits per heavy atom. The number of rotatable bonds is 7. The van der Waals surface area contributed by atoms with Crippen molar-refractivity contribution in [3.63, 3.8) is 0 Å². The maximum absolute atomic E-state index is 12.0. The Balaban J connectivity index is 2.53. The van der Waals surface area contributed by atoms with Gasteiger partial charge in [0.2, 0.25) is 5.91 Å². The molecule has 0 spiro atoms. The quantitative estimate of drug-likeness (QED) is 0.750. The Morgan fingerprint density at radius 3 is 2.78 bits per heavy atom. The van der Waals surface area contributed by atoms with Crippen molar-refractivity contribution in [2.75, 3.05) is 6.54 Å². The average Bonchev–Trinajstić information content (AvgIpc) is 2.84. The summed E-state index contributed by atoms with van der Waals surface area (Å²) >= 11 is 0. The van der Waals surface area contributed by atoms with Gasteiger partial charge < -0.3 is 20.2 Å². The highest BCUT2D eigenvalue weighted by Crippen LogP contribution is 2.08. The molecule has 0 saturated carbocycles. The molecule has 0 aliphatic carbocycles. The summed E-state index contributed by atoms with van der Waals surface area (Å²) in [6, 6.07) is 2.74. The lowest BCUT2D eigenvalue weighted by atomic mass is 10.1. The molecule has 1 aromatic rings. The molecule has 0 aromatic carbocycles. The van der Waals surface area contributed by atoms with E-state index >= 15 is 0 Å². The maximum atomic E-state index is 12.0. The summed E-state index contributed by atoms with van der Waals surface area (Å²) < 4.78 is 5.17. The van der Waals surface area contributed by atoms with Crippen LogP contribution in [0.1, 0.15) is 25.5 Å². The van der Waals surface area contributed by atoms with Gasteiger partial charge >= 0.3 is 5.97 Å². The topological polar surface area (TPSA) is 96.8 Å². The van der Waals surface area contributed by atoms with Crippen LogP contribution in [0, 0.1) is 0 Å². The Labute approximate surface area is 105 Å². The second-order valence-corrected chi connectivity index (χ2v) is 3.97. The van der Waals surface area contributed by atoms with Gasteiger partial charge in [-0.25, -0.2) is 0 Å². The number of amides is 1. The molecule has 18 heavy (non-hydrogen) atoms. The molecule has 0 aliphatic rings. The highest BCUT2D eigenvalue weighted by atomic mass is 16.4.